The highest BCUT2D eigenvalue weighted by molar-refractivity contribution is 5.98. The molecular formula is C33H39FN6O5. The number of aromatic nitrogens is 4. The fourth-order valence-electron chi connectivity index (χ4n) is 6.56. The van der Waals surface area contributed by atoms with E-state index in [0.29, 0.717) is 55.5 Å². The van der Waals surface area contributed by atoms with Crippen LogP contribution in [-0.4, -0.2) is 87.3 Å². The third kappa shape index (κ3) is 6.49. The number of halogens is 1. The molecule has 1 saturated carbocycles. The average molecular weight is 619 g/mol. The van der Waals surface area contributed by atoms with Crippen molar-refractivity contribution in [3.63, 3.8) is 0 Å². The molecule has 3 atom stereocenters. The van der Waals surface area contributed by atoms with Crippen LogP contribution >= 0.6 is 0 Å². The van der Waals surface area contributed by atoms with Gasteiger partial charge in [0.05, 0.1) is 36.8 Å². The number of aryl methyl sites for hydroxylation is 1. The molecule has 0 bridgehead atoms. The van der Waals surface area contributed by atoms with Crippen LogP contribution in [0.15, 0.2) is 59.3 Å². The maximum Gasteiger partial charge on any atom is 0.275 e. The van der Waals surface area contributed by atoms with Crippen LogP contribution in [0, 0.1) is 12.7 Å². The van der Waals surface area contributed by atoms with Gasteiger partial charge in [-0.15, -0.1) is 10.2 Å². The number of hydrogen-bond donors (Lipinski definition) is 2. The van der Waals surface area contributed by atoms with Gasteiger partial charge >= 0.3 is 0 Å². The first-order valence-electron chi connectivity index (χ1n) is 15.5. The lowest BCUT2D eigenvalue weighted by Crippen LogP contribution is -2.54. The smallest absolute Gasteiger partial charge is 0.275 e. The van der Waals surface area contributed by atoms with Crippen LogP contribution in [-0.2, 0) is 4.74 Å². The Labute approximate surface area is 261 Å². The number of benzene rings is 2. The molecule has 45 heavy (non-hydrogen) atoms. The Kier molecular flexibility index (Phi) is 9.24. The van der Waals surface area contributed by atoms with Crippen molar-refractivity contribution in [2.45, 2.75) is 56.7 Å². The minimum Gasteiger partial charge on any atom is -0.493 e. The minimum absolute atomic E-state index is 0.114. The molecule has 1 aliphatic heterocycles. The highest BCUT2D eigenvalue weighted by Crippen LogP contribution is 2.41. The summed E-state index contributed by atoms with van der Waals surface area (Å²) in [6.07, 6.45) is 5.48. The van der Waals surface area contributed by atoms with Crippen molar-refractivity contribution in [2.24, 2.45) is 0 Å². The second-order valence-electron chi connectivity index (χ2n) is 11.8. The topological polar surface area (TPSA) is 128 Å². The van der Waals surface area contributed by atoms with E-state index in [0.717, 1.165) is 24.8 Å². The monoisotopic (exact) mass is 618 g/mol. The molecule has 1 aliphatic carbocycles. The number of aliphatic hydroxyl groups is 1. The van der Waals surface area contributed by atoms with E-state index in [4.69, 9.17) is 13.9 Å². The van der Waals surface area contributed by atoms with Crippen LogP contribution in [0.25, 0.3) is 22.7 Å². The number of carbonyl (C=O) groups excluding carboxylic acids is 1. The van der Waals surface area contributed by atoms with Crippen molar-refractivity contribution >= 4 is 5.91 Å². The Bertz CT molecular complexity index is 1610. The molecule has 238 valence electrons. The van der Waals surface area contributed by atoms with Crippen LogP contribution in [0.3, 0.4) is 0 Å². The van der Waals surface area contributed by atoms with E-state index < -0.39 is 11.4 Å². The number of ether oxygens (including phenoxy) is 2. The molecule has 0 radical (unpaired) electrons. The Morgan fingerprint density at radius 2 is 2.04 bits per heavy atom. The number of hydrogen-bond acceptors (Lipinski definition) is 9. The lowest BCUT2D eigenvalue weighted by molar-refractivity contribution is -0.0893. The molecule has 2 aromatic heterocycles. The molecule has 2 aromatic carbocycles. The SMILES string of the molecule is COC[C@]1(O)CCCC[C@H]1n1cnc(C(=O)N2CCNC[C@H]2CCOc2ccc(-c3nnc(C)o3)c(F)c2)c1-c1ccccc1. The number of amides is 1. The number of methoxy groups -OCH3 is 1. The number of piperazine rings is 1. The van der Waals surface area contributed by atoms with Crippen molar-refractivity contribution in [3.05, 3.63) is 72.3 Å². The summed E-state index contributed by atoms with van der Waals surface area (Å²) < 4.78 is 33.5. The molecule has 1 saturated heterocycles. The largest absolute Gasteiger partial charge is 0.493 e. The average Bonchev–Trinajstić information content (AvgIpc) is 3.68. The predicted octanol–water partition coefficient (Wildman–Crippen LogP) is 4.42. The van der Waals surface area contributed by atoms with E-state index in [1.54, 1.807) is 32.5 Å². The van der Waals surface area contributed by atoms with Gasteiger partial charge in [-0.25, -0.2) is 9.37 Å². The second kappa shape index (κ2) is 13.5. The van der Waals surface area contributed by atoms with E-state index in [1.807, 2.05) is 39.8 Å². The summed E-state index contributed by atoms with van der Waals surface area (Å²) in [7, 11) is 1.60. The molecule has 3 heterocycles. The molecule has 6 rings (SSSR count). The third-order valence-electron chi connectivity index (χ3n) is 8.76. The van der Waals surface area contributed by atoms with Gasteiger partial charge in [0.25, 0.3) is 11.8 Å². The van der Waals surface area contributed by atoms with Crippen molar-refractivity contribution in [3.8, 4) is 28.5 Å². The summed E-state index contributed by atoms with van der Waals surface area (Å²) in [5.74, 6) is 0.148. The number of imidazole rings is 1. The first kappa shape index (κ1) is 30.9. The predicted molar refractivity (Wildman–Crippen MR) is 164 cm³/mol. The zero-order valence-corrected chi connectivity index (χ0v) is 25.6. The van der Waals surface area contributed by atoms with Gasteiger partial charge in [0.1, 0.15) is 17.2 Å². The van der Waals surface area contributed by atoms with Gasteiger partial charge in [0, 0.05) is 57.8 Å². The lowest BCUT2D eigenvalue weighted by atomic mass is 9.80. The summed E-state index contributed by atoms with van der Waals surface area (Å²) >= 11 is 0. The van der Waals surface area contributed by atoms with Gasteiger partial charge in [0.2, 0.25) is 5.89 Å². The van der Waals surface area contributed by atoms with Crippen LogP contribution in [0.2, 0.25) is 0 Å². The summed E-state index contributed by atoms with van der Waals surface area (Å²) in [6.45, 7) is 3.89. The normalized spacial score (nSPS) is 22.0. The van der Waals surface area contributed by atoms with E-state index in [2.05, 4.69) is 20.5 Å². The van der Waals surface area contributed by atoms with Gasteiger partial charge < -0.3 is 33.8 Å². The van der Waals surface area contributed by atoms with Gasteiger partial charge in [-0.2, -0.15) is 0 Å². The fraction of sp³-hybridized carbons (Fsp3) is 0.455. The quantitative estimate of drug-likeness (QED) is 0.265. The van der Waals surface area contributed by atoms with E-state index >= 15 is 0 Å². The molecule has 0 unspecified atom stereocenters. The Morgan fingerprint density at radius 3 is 2.80 bits per heavy atom. The summed E-state index contributed by atoms with van der Waals surface area (Å²) in [4.78, 5) is 20.8. The molecule has 0 spiro atoms. The number of rotatable bonds is 10. The van der Waals surface area contributed by atoms with Crippen molar-refractivity contribution in [1.82, 2.24) is 30.0 Å². The van der Waals surface area contributed by atoms with Crippen LogP contribution in [0.4, 0.5) is 4.39 Å². The highest BCUT2D eigenvalue weighted by Gasteiger charge is 2.42. The van der Waals surface area contributed by atoms with Gasteiger partial charge in [-0.3, -0.25) is 4.79 Å². The molecule has 11 nitrogen and oxygen atoms in total. The fourth-order valence-corrected chi connectivity index (χ4v) is 6.56. The molecule has 12 heteroatoms. The van der Waals surface area contributed by atoms with Crippen LogP contribution in [0.5, 0.6) is 5.75 Å². The van der Waals surface area contributed by atoms with Crippen LogP contribution in [0.1, 0.15) is 54.5 Å². The van der Waals surface area contributed by atoms with Crippen LogP contribution < -0.4 is 10.1 Å². The van der Waals surface area contributed by atoms with E-state index in [-0.39, 0.29) is 42.7 Å². The summed E-state index contributed by atoms with van der Waals surface area (Å²) in [6, 6.07) is 13.8. The first-order valence-corrected chi connectivity index (χ1v) is 15.5. The molecule has 2 N–H and O–H groups in total. The lowest BCUT2D eigenvalue weighted by Gasteiger charge is -2.41. The number of nitrogens with one attached hydrogen (secondary N) is 1. The molecule has 2 fully saturated rings. The van der Waals surface area contributed by atoms with Gasteiger partial charge in [0.15, 0.2) is 5.69 Å². The number of nitrogens with zero attached hydrogens (tertiary/aromatic N) is 5. The Hall–Kier alpha value is -4.13. The molecule has 4 aromatic rings. The first-order chi connectivity index (χ1) is 21.9. The van der Waals surface area contributed by atoms with Crippen molar-refractivity contribution in [1.29, 1.82) is 0 Å². The number of carbonyl (C=O) groups is 1. The van der Waals surface area contributed by atoms with Gasteiger partial charge in [-0.05, 0) is 25.0 Å². The maximum absolute atomic E-state index is 14.8. The molecular weight excluding hydrogens is 579 g/mol. The third-order valence-corrected chi connectivity index (χ3v) is 8.76. The zero-order valence-electron chi connectivity index (χ0n) is 25.6. The van der Waals surface area contributed by atoms with E-state index in [1.165, 1.54) is 6.07 Å². The molecule has 1 amide bonds. The Balaban J connectivity index is 1.21. The van der Waals surface area contributed by atoms with E-state index in [9.17, 15) is 14.3 Å². The Morgan fingerprint density at radius 1 is 1.20 bits per heavy atom. The summed E-state index contributed by atoms with van der Waals surface area (Å²) in [5, 5.41) is 22.7. The minimum atomic E-state index is -1.06. The maximum atomic E-state index is 14.8. The zero-order chi connectivity index (χ0) is 31.4. The van der Waals surface area contributed by atoms with Gasteiger partial charge in [-0.1, -0.05) is 43.2 Å². The second-order valence-corrected chi connectivity index (χ2v) is 11.8. The summed E-state index contributed by atoms with van der Waals surface area (Å²) in [5.41, 5.74) is 1.06. The standard InChI is InChI=1S/C33H39FN6O5/c1-22-37-38-31(45-22)26-12-11-25(18-27(26)34)44-17-13-24-19-35-15-16-39(24)32(41)29-30(23-8-4-3-5-9-23)40(21-36-29)28-10-6-7-14-33(28,42)20-43-2/h3-5,8-9,11-12,18,21,24,28,35,42H,6-7,10,13-17,19-20H2,1-2H3/t24-,28-,33-/m1/s1. The highest BCUT2D eigenvalue weighted by atomic mass is 19.1. The van der Waals surface area contributed by atoms with Crippen molar-refractivity contribution in [2.75, 3.05) is 40.0 Å². The van der Waals surface area contributed by atoms with Crippen molar-refractivity contribution < 1.29 is 28.2 Å². The molecule has 2 aliphatic rings.